The molecule has 2 atom stereocenters. The number of nitrogens with zero attached hydrogens (tertiary/aromatic N) is 1. The fourth-order valence-corrected chi connectivity index (χ4v) is 3.44. The van der Waals surface area contributed by atoms with E-state index in [1.807, 2.05) is 12.1 Å². The lowest BCUT2D eigenvalue weighted by molar-refractivity contribution is -0.0910. The summed E-state index contributed by atoms with van der Waals surface area (Å²) in [5.74, 6) is 0.823. The number of anilines is 1. The maximum atomic E-state index is 6.14. The SMILES string of the molecule is COc1ccc(CN2CCOC3CCCCC32)c(N)c1. The van der Waals surface area contributed by atoms with Gasteiger partial charge in [0.05, 0.1) is 19.8 Å². The van der Waals surface area contributed by atoms with Crippen LogP contribution < -0.4 is 10.5 Å². The Labute approximate surface area is 120 Å². The fraction of sp³-hybridized carbons (Fsp3) is 0.625. The van der Waals surface area contributed by atoms with Crippen molar-refractivity contribution in [1.29, 1.82) is 0 Å². The van der Waals surface area contributed by atoms with Crippen molar-refractivity contribution in [3.05, 3.63) is 23.8 Å². The van der Waals surface area contributed by atoms with Crippen LogP contribution in [0.1, 0.15) is 31.2 Å². The van der Waals surface area contributed by atoms with Crippen molar-refractivity contribution in [3.8, 4) is 5.75 Å². The van der Waals surface area contributed by atoms with E-state index in [4.69, 9.17) is 15.2 Å². The van der Waals surface area contributed by atoms with E-state index in [2.05, 4.69) is 11.0 Å². The molecule has 2 fully saturated rings. The molecule has 0 bridgehead atoms. The molecule has 1 aromatic rings. The minimum atomic E-state index is 0.428. The fourth-order valence-electron chi connectivity index (χ4n) is 3.44. The molecular weight excluding hydrogens is 252 g/mol. The largest absolute Gasteiger partial charge is 0.497 e. The molecule has 1 aromatic carbocycles. The summed E-state index contributed by atoms with van der Waals surface area (Å²) >= 11 is 0. The van der Waals surface area contributed by atoms with E-state index in [0.29, 0.717) is 12.1 Å². The Balaban J connectivity index is 1.72. The summed E-state index contributed by atoms with van der Waals surface area (Å²) in [7, 11) is 1.67. The van der Waals surface area contributed by atoms with Crippen molar-refractivity contribution in [2.75, 3.05) is 26.0 Å². The Morgan fingerprint density at radius 3 is 3.00 bits per heavy atom. The first-order chi connectivity index (χ1) is 9.78. The van der Waals surface area contributed by atoms with Gasteiger partial charge < -0.3 is 15.2 Å². The molecule has 0 aromatic heterocycles. The normalized spacial score (nSPS) is 27.1. The van der Waals surface area contributed by atoms with Gasteiger partial charge in [0.2, 0.25) is 0 Å². The van der Waals surface area contributed by atoms with E-state index < -0.39 is 0 Å². The predicted molar refractivity (Wildman–Crippen MR) is 79.8 cm³/mol. The van der Waals surface area contributed by atoms with Crippen LogP contribution in [0.3, 0.4) is 0 Å². The number of nitrogen functional groups attached to an aromatic ring is 1. The highest BCUT2D eigenvalue weighted by Gasteiger charge is 2.34. The van der Waals surface area contributed by atoms with Gasteiger partial charge in [0, 0.05) is 30.9 Å². The summed E-state index contributed by atoms with van der Waals surface area (Å²) in [6, 6.07) is 6.55. The van der Waals surface area contributed by atoms with Gasteiger partial charge in [0.1, 0.15) is 5.75 Å². The van der Waals surface area contributed by atoms with Crippen LogP contribution in [0.25, 0.3) is 0 Å². The zero-order chi connectivity index (χ0) is 13.9. The van der Waals surface area contributed by atoms with Crippen molar-refractivity contribution in [1.82, 2.24) is 4.90 Å². The monoisotopic (exact) mass is 276 g/mol. The number of hydrogen-bond donors (Lipinski definition) is 1. The lowest BCUT2D eigenvalue weighted by Crippen LogP contribution is -2.52. The lowest BCUT2D eigenvalue weighted by Gasteiger charge is -2.44. The molecule has 3 rings (SSSR count). The standard InChI is InChI=1S/C16H24N2O2/c1-19-13-7-6-12(14(17)10-13)11-18-8-9-20-16-5-3-2-4-15(16)18/h6-7,10,15-16H,2-5,8-9,11,17H2,1H3. The summed E-state index contributed by atoms with van der Waals surface area (Å²) < 4.78 is 11.1. The van der Waals surface area contributed by atoms with Crippen molar-refractivity contribution in [2.24, 2.45) is 0 Å². The molecule has 110 valence electrons. The van der Waals surface area contributed by atoms with Gasteiger partial charge >= 0.3 is 0 Å². The minimum Gasteiger partial charge on any atom is -0.497 e. The Bertz CT molecular complexity index is 462. The van der Waals surface area contributed by atoms with Crippen LogP contribution in [0.5, 0.6) is 5.75 Å². The number of morpholine rings is 1. The first kappa shape index (κ1) is 13.7. The molecular formula is C16H24N2O2. The van der Waals surface area contributed by atoms with Gasteiger partial charge in [-0.15, -0.1) is 0 Å². The second-order valence-corrected chi connectivity index (χ2v) is 5.80. The van der Waals surface area contributed by atoms with E-state index >= 15 is 0 Å². The van der Waals surface area contributed by atoms with Crippen LogP contribution in [-0.4, -0.2) is 37.3 Å². The highest BCUT2D eigenvalue weighted by Crippen LogP contribution is 2.30. The Morgan fingerprint density at radius 1 is 1.35 bits per heavy atom. The van der Waals surface area contributed by atoms with Gasteiger partial charge in [0.25, 0.3) is 0 Å². The first-order valence-corrected chi connectivity index (χ1v) is 7.56. The highest BCUT2D eigenvalue weighted by molar-refractivity contribution is 5.51. The zero-order valence-electron chi connectivity index (χ0n) is 12.2. The van der Waals surface area contributed by atoms with Gasteiger partial charge in [-0.05, 0) is 24.5 Å². The maximum absolute atomic E-state index is 6.14. The van der Waals surface area contributed by atoms with E-state index in [0.717, 1.165) is 31.1 Å². The van der Waals surface area contributed by atoms with Gasteiger partial charge in [-0.3, -0.25) is 4.90 Å². The molecule has 2 unspecified atom stereocenters. The second-order valence-electron chi connectivity index (χ2n) is 5.80. The average molecular weight is 276 g/mol. The molecule has 0 spiro atoms. The van der Waals surface area contributed by atoms with E-state index in [1.165, 1.54) is 31.2 Å². The number of nitrogens with two attached hydrogens (primary N) is 1. The topological polar surface area (TPSA) is 47.7 Å². The Morgan fingerprint density at radius 2 is 2.20 bits per heavy atom. The molecule has 4 heteroatoms. The quantitative estimate of drug-likeness (QED) is 0.861. The van der Waals surface area contributed by atoms with Gasteiger partial charge in [-0.25, -0.2) is 0 Å². The maximum Gasteiger partial charge on any atom is 0.120 e. The molecule has 4 nitrogen and oxygen atoms in total. The van der Waals surface area contributed by atoms with Crippen molar-refractivity contribution in [3.63, 3.8) is 0 Å². The number of benzene rings is 1. The van der Waals surface area contributed by atoms with Gasteiger partial charge in [-0.1, -0.05) is 18.9 Å². The number of methoxy groups -OCH3 is 1. The summed E-state index contributed by atoms with van der Waals surface area (Å²) in [5.41, 5.74) is 8.16. The van der Waals surface area contributed by atoms with Crippen LogP contribution in [0.2, 0.25) is 0 Å². The summed E-state index contributed by atoms with van der Waals surface area (Å²) in [6.07, 6.45) is 5.51. The molecule has 1 aliphatic heterocycles. The Hall–Kier alpha value is -1.26. The number of ether oxygens (including phenoxy) is 2. The van der Waals surface area contributed by atoms with E-state index in [9.17, 15) is 0 Å². The molecule has 0 amide bonds. The molecule has 0 radical (unpaired) electrons. The highest BCUT2D eigenvalue weighted by atomic mass is 16.5. The predicted octanol–water partition coefficient (Wildman–Crippen LogP) is 2.42. The van der Waals surface area contributed by atoms with Crippen molar-refractivity contribution >= 4 is 5.69 Å². The third-order valence-corrected chi connectivity index (χ3v) is 4.57. The first-order valence-electron chi connectivity index (χ1n) is 7.56. The Kier molecular flexibility index (Phi) is 4.13. The van der Waals surface area contributed by atoms with Crippen molar-refractivity contribution < 1.29 is 9.47 Å². The molecule has 1 saturated carbocycles. The smallest absolute Gasteiger partial charge is 0.120 e. The molecule has 2 N–H and O–H groups in total. The molecule has 1 aliphatic carbocycles. The van der Waals surface area contributed by atoms with Gasteiger partial charge in [-0.2, -0.15) is 0 Å². The van der Waals surface area contributed by atoms with E-state index in [1.54, 1.807) is 7.11 Å². The second kappa shape index (κ2) is 6.02. The van der Waals surface area contributed by atoms with Crippen LogP contribution in [0, 0.1) is 0 Å². The van der Waals surface area contributed by atoms with Crippen LogP contribution in [0.15, 0.2) is 18.2 Å². The number of fused-ring (bicyclic) bond motifs is 1. The molecule has 20 heavy (non-hydrogen) atoms. The molecule has 2 aliphatic rings. The van der Waals surface area contributed by atoms with Crippen LogP contribution in [-0.2, 0) is 11.3 Å². The summed E-state index contributed by atoms with van der Waals surface area (Å²) in [4.78, 5) is 2.55. The third kappa shape index (κ3) is 2.76. The minimum absolute atomic E-state index is 0.428. The van der Waals surface area contributed by atoms with E-state index in [-0.39, 0.29) is 0 Å². The lowest BCUT2D eigenvalue weighted by atomic mass is 9.90. The molecule has 1 heterocycles. The van der Waals surface area contributed by atoms with Crippen LogP contribution >= 0.6 is 0 Å². The summed E-state index contributed by atoms with van der Waals surface area (Å²) in [6.45, 7) is 2.77. The van der Waals surface area contributed by atoms with Crippen molar-refractivity contribution in [2.45, 2.75) is 44.4 Å². The number of rotatable bonds is 3. The summed E-state index contributed by atoms with van der Waals surface area (Å²) in [5, 5.41) is 0. The molecule has 1 saturated heterocycles. The third-order valence-electron chi connectivity index (χ3n) is 4.57. The van der Waals surface area contributed by atoms with Gasteiger partial charge in [0.15, 0.2) is 0 Å². The number of hydrogen-bond acceptors (Lipinski definition) is 4. The van der Waals surface area contributed by atoms with Crippen LogP contribution in [0.4, 0.5) is 5.69 Å². The average Bonchev–Trinajstić information content (AvgIpc) is 2.49. The zero-order valence-corrected chi connectivity index (χ0v) is 12.2.